The third kappa shape index (κ3) is 4.55. The van der Waals surface area contributed by atoms with Crippen molar-refractivity contribution >= 4 is 17.5 Å². The van der Waals surface area contributed by atoms with Gasteiger partial charge in [0.05, 0.1) is 0 Å². The molecule has 23 heavy (non-hydrogen) atoms. The van der Waals surface area contributed by atoms with Gasteiger partial charge in [0.2, 0.25) is 11.8 Å². The fourth-order valence-corrected chi connectivity index (χ4v) is 2.65. The highest BCUT2D eigenvalue weighted by Crippen LogP contribution is 2.20. The molecule has 1 aromatic carbocycles. The molecular weight excluding hydrogens is 292 g/mol. The van der Waals surface area contributed by atoms with Gasteiger partial charge in [0.25, 0.3) is 0 Å². The van der Waals surface area contributed by atoms with Crippen molar-refractivity contribution in [3.05, 3.63) is 29.8 Å². The fourth-order valence-electron chi connectivity index (χ4n) is 2.65. The van der Waals surface area contributed by atoms with Gasteiger partial charge < -0.3 is 14.5 Å². The number of anilines is 1. The first kappa shape index (κ1) is 17.5. The number of rotatable bonds is 6. The van der Waals surface area contributed by atoms with Crippen LogP contribution in [0.25, 0.3) is 0 Å². The predicted molar refractivity (Wildman–Crippen MR) is 90.4 cm³/mol. The number of nitrogens with zero attached hydrogens (tertiary/aromatic N) is 2. The molecule has 0 saturated carbocycles. The van der Waals surface area contributed by atoms with E-state index in [4.69, 9.17) is 4.74 Å². The van der Waals surface area contributed by atoms with Gasteiger partial charge in [-0.05, 0) is 32.4 Å². The van der Waals surface area contributed by atoms with Crippen LogP contribution in [-0.4, -0.2) is 49.1 Å². The molecule has 5 nitrogen and oxygen atoms in total. The van der Waals surface area contributed by atoms with Crippen molar-refractivity contribution < 1.29 is 14.3 Å². The summed E-state index contributed by atoms with van der Waals surface area (Å²) < 4.78 is 5.38. The molecule has 0 N–H and O–H groups in total. The van der Waals surface area contributed by atoms with E-state index < -0.39 is 0 Å². The average Bonchev–Trinajstić information content (AvgIpc) is 2.54. The first-order valence-electron chi connectivity index (χ1n) is 8.27. The molecule has 1 aromatic rings. The van der Waals surface area contributed by atoms with Crippen molar-refractivity contribution in [2.75, 3.05) is 31.2 Å². The van der Waals surface area contributed by atoms with Gasteiger partial charge in [-0.25, -0.2) is 0 Å². The Morgan fingerprint density at radius 3 is 2.65 bits per heavy atom. The Kier molecular flexibility index (Phi) is 6.16. The topological polar surface area (TPSA) is 49.9 Å². The van der Waals surface area contributed by atoms with E-state index in [1.165, 1.54) is 0 Å². The number of benzene rings is 1. The van der Waals surface area contributed by atoms with Crippen LogP contribution in [0.1, 0.15) is 32.3 Å². The minimum absolute atomic E-state index is 0.0173. The van der Waals surface area contributed by atoms with Crippen LogP contribution in [0.3, 0.4) is 0 Å². The van der Waals surface area contributed by atoms with Crippen LogP contribution in [0, 0.1) is 6.92 Å². The number of piperazine rings is 1. The van der Waals surface area contributed by atoms with Crippen LogP contribution in [0.4, 0.5) is 5.69 Å². The Bertz CT molecular complexity index is 542. The average molecular weight is 318 g/mol. The molecular formula is C18H26N2O3. The van der Waals surface area contributed by atoms with E-state index in [-0.39, 0.29) is 31.0 Å². The summed E-state index contributed by atoms with van der Waals surface area (Å²) >= 11 is 0. The summed E-state index contributed by atoms with van der Waals surface area (Å²) in [5, 5.41) is 0. The van der Waals surface area contributed by atoms with Gasteiger partial charge in [0.1, 0.15) is 13.2 Å². The second kappa shape index (κ2) is 8.11. The maximum atomic E-state index is 12.4. The highest BCUT2D eigenvalue weighted by molar-refractivity contribution is 5.98. The Morgan fingerprint density at radius 2 is 2.00 bits per heavy atom. The van der Waals surface area contributed by atoms with Crippen LogP contribution < -0.4 is 4.90 Å². The van der Waals surface area contributed by atoms with Crippen molar-refractivity contribution in [2.45, 2.75) is 39.7 Å². The molecule has 1 fully saturated rings. The lowest BCUT2D eigenvalue weighted by Crippen LogP contribution is -2.57. The van der Waals surface area contributed by atoms with E-state index in [2.05, 4.69) is 6.92 Å². The normalized spacial score (nSPS) is 18.4. The Balaban J connectivity index is 1.95. The SMILES string of the molecule is CCCCOCC(=O)N1CC(=O)N(c2ccc(C)cc2)C[C@@H]1C. The smallest absolute Gasteiger partial charge is 0.249 e. The molecule has 1 heterocycles. The highest BCUT2D eigenvalue weighted by Gasteiger charge is 2.33. The molecule has 126 valence electrons. The quantitative estimate of drug-likeness (QED) is 0.757. The third-order valence-electron chi connectivity index (χ3n) is 4.12. The van der Waals surface area contributed by atoms with Crippen LogP contribution in [-0.2, 0) is 14.3 Å². The zero-order valence-corrected chi connectivity index (χ0v) is 14.2. The zero-order chi connectivity index (χ0) is 16.8. The zero-order valence-electron chi connectivity index (χ0n) is 14.2. The number of aryl methyl sites for hydroxylation is 1. The second-order valence-corrected chi connectivity index (χ2v) is 6.12. The number of carbonyl (C=O) groups excluding carboxylic acids is 2. The van der Waals surface area contributed by atoms with E-state index in [1.807, 2.05) is 38.1 Å². The molecule has 0 aromatic heterocycles. The number of hydrogen-bond acceptors (Lipinski definition) is 3. The van der Waals surface area contributed by atoms with E-state index in [0.717, 1.165) is 24.1 Å². The summed E-state index contributed by atoms with van der Waals surface area (Å²) in [5.41, 5.74) is 2.05. The number of unbranched alkanes of at least 4 members (excludes halogenated alkanes) is 1. The molecule has 1 aliphatic rings. The Hall–Kier alpha value is -1.88. The number of amides is 2. The third-order valence-corrected chi connectivity index (χ3v) is 4.12. The molecule has 0 bridgehead atoms. The highest BCUT2D eigenvalue weighted by atomic mass is 16.5. The number of ether oxygens (including phenoxy) is 1. The maximum Gasteiger partial charge on any atom is 0.249 e. The minimum atomic E-state index is -0.106. The van der Waals surface area contributed by atoms with Crippen LogP contribution >= 0.6 is 0 Å². The lowest BCUT2D eigenvalue weighted by atomic mass is 10.1. The summed E-state index contributed by atoms with van der Waals surface area (Å²) in [6, 6.07) is 7.87. The molecule has 1 aliphatic heterocycles. The first-order chi connectivity index (χ1) is 11.0. The molecule has 2 rings (SSSR count). The predicted octanol–water partition coefficient (Wildman–Crippen LogP) is 2.38. The molecule has 0 radical (unpaired) electrons. The summed E-state index contributed by atoms with van der Waals surface area (Å²) in [4.78, 5) is 28.0. The van der Waals surface area contributed by atoms with Gasteiger partial charge in [-0.1, -0.05) is 31.0 Å². The summed E-state index contributed by atoms with van der Waals surface area (Å²) in [7, 11) is 0. The summed E-state index contributed by atoms with van der Waals surface area (Å²) in [6.07, 6.45) is 1.99. The summed E-state index contributed by atoms with van der Waals surface area (Å²) in [6.45, 7) is 7.35. The Labute approximate surface area is 138 Å². The largest absolute Gasteiger partial charge is 0.372 e. The van der Waals surface area contributed by atoms with Crippen LogP contribution in [0.2, 0.25) is 0 Å². The molecule has 0 aliphatic carbocycles. The van der Waals surface area contributed by atoms with Crippen LogP contribution in [0.15, 0.2) is 24.3 Å². The van der Waals surface area contributed by atoms with Crippen molar-refractivity contribution in [2.24, 2.45) is 0 Å². The monoisotopic (exact) mass is 318 g/mol. The van der Waals surface area contributed by atoms with Crippen molar-refractivity contribution in [1.29, 1.82) is 0 Å². The van der Waals surface area contributed by atoms with E-state index in [1.54, 1.807) is 9.80 Å². The lowest BCUT2D eigenvalue weighted by molar-refractivity contribution is -0.143. The second-order valence-electron chi connectivity index (χ2n) is 6.12. The van der Waals surface area contributed by atoms with Gasteiger partial charge in [0.15, 0.2) is 0 Å². The van der Waals surface area contributed by atoms with Crippen molar-refractivity contribution in [1.82, 2.24) is 4.90 Å². The van der Waals surface area contributed by atoms with E-state index in [0.29, 0.717) is 13.2 Å². The van der Waals surface area contributed by atoms with Crippen molar-refractivity contribution in [3.8, 4) is 0 Å². The lowest BCUT2D eigenvalue weighted by Gasteiger charge is -2.39. The van der Waals surface area contributed by atoms with Gasteiger partial charge in [-0.3, -0.25) is 9.59 Å². The molecule has 1 saturated heterocycles. The summed E-state index contributed by atoms with van der Waals surface area (Å²) in [5.74, 6) is -0.153. The molecule has 0 spiro atoms. The Morgan fingerprint density at radius 1 is 1.30 bits per heavy atom. The standard InChI is InChI=1S/C18H26N2O3/c1-4-5-10-23-13-18(22)19-12-17(21)20(11-15(19)3)16-8-6-14(2)7-9-16/h6-9,15H,4-5,10-13H2,1-3H3/t15-/m0/s1. The molecule has 2 amide bonds. The van der Waals surface area contributed by atoms with Gasteiger partial charge in [-0.15, -0.1) is 0 Å². The van der Waals surface area contributed by atoms with Gasteiger partial charge in [0, 0.05) is 24.9 Å². The van der Waals surface area contributed by atoms with Crippen molar-refractivity contribution in [3.63, 3.8) is 0 Å². The number of carbonyl (C=O) groups is 2. The van der Waals surface area contributed by atoms with Gasteiger partial charge in [-0.2, -0.15) is 0 Å². The fraction of sp³-hybridized carbons (Fsp3) is 0.556. The molecule has 0 unspecified atom stereocenters. The molecule has 5 heteroatoms. The van der Waals surface area contributed by atoms with Gasteiger partial charge >= 0.3 is 0 Å². The first-order valence-corrected chi connectivity index (χ1v) is 8.27. The van der Waals surface area contributed by atoms with E-state index >= 15 is 0 Å². The van der Waals surface area contributed by atoms with Crippen LogP contribution in [0.5, 0.6) is 0 Å². The maximum absolute atomic E-state index is 12.4. The number of hydrogen-bond donors (Lipinski definition) is 0. The molecule has 1 atom stereocenters. The van der Waals surface area contributed by atoms with E-state index in [9.17, 15) is 9.59 Å². The minimum Gasteiger partial charge on any atom is -0.372 e.